The summed E-state index contributed by atoms with van der Waals surface area (Å²) in [4.78, 5) is 0. The zero-order valence-corrected chi connectivity index (χ0v) is 9.90. The van der Waals surface area contributed by atoms with Crippen LogP contribution in [0.2, 0.25) is 0 Å². The monoisotopic (exact) mass is 204 g/mol. The molecule has 0 bridgehead atoms. The molecule has 0 radical (unpaired) electrons. The molecule has 1 aliphatic heterocycles. The van der Waals surface area contributed by atoms with Gasteiger partial charge in [0, 0.05) is 12.0 Å². The van der Waals surface area contributed by atoms with Crippen molar-refractivity contribution in [2.75, 3.05) is 6.61 Å². The Bertz CT molecular complexity index is 165. The molecule has 0 aromatic rings. The third-order valence-corrected chi connectivity index (χ3v) is 3.68. The maximum absolute atomic E-state index is 6.37. The van der Waals surface area contributed by atoms with E-state index in [0.717, 1.165) is 19.4 Å². The number of hydrogen-bond donors (Lipinski definition) is 0. The SMILES string of the molecule is CC(C)C(Cl)C1CCOC(C)(C)C1. The Hall–Kier alpha value is 0.250. The van der Waals surface area contributed by atoms with Gasteiger partial charge in [-0.1, -0.05) is 13.8 Å². The first kappa shape index (κ1) is 11.3. The smallest absolute Gasteiger partial charge is 0.0629 e. The normalized spacial score (nSPS) is 30.5. The van der Waals surface area contributed by atoms with Gasteiger partial charge in [0.2, 0.25) is 0 Å². The van der Waals surface area contributed by atoms with Crippen LogP contribution in [0.15, 0.2) is 0 Å². The van der Waals surface area contributed by atoms with Gasteiger partial charge in [0.05, 0.1) is 5.60 Å². The molecule has 0 aromatic heterocycles. The Balaban J connectivity index is 2.51. The number of rotatable bonds is 2. The highest BCUT2D eigenvalue weighted by atomic mass is 35.5. The van der Waals surface area contributed by atoms with Crippen molar-refractivity contribution >= 4 is 11.6 Å². The number of alkyl halides is 1. The molecule has 1 rings (SSSR count). The van der Waals surface area contributed by atoms with Crippen molar-refractivity contribution in [2.24, 2.45) is 11.8 Å². The molecule has 1 saturated heterocycles. The first-order chi connectivity index (χ1) is 5.92. The Morgan fingerprint density at radius 2 is 2.00 bits per heavy atom. The van der Waals surface area contributed by atoms with Crippen LogP contribution in [0.5, 0.6) is 0 Å². The fourth-order valence-corrected chi connectivity index (χ4v) is 2.31. The van der Waals surface area contributed by atoms with Crippen LogP contribution < -0.4 is 0 Å². The van der Waals surface area contributed by atoms with Gasteiger partial charge >= 0.3 is 0 Å². The fourth-order valence-electron chi connectivity index (χ4n) is 2.10. The van der Waals surface area contributed by atoms with Gasteiger partial charge in [0.1, 0.15) is 0 Å². The highest BCUT2D eigenvalue weighted by Gasteiger charge is 2.33. The molecule has 1 heterocycles. The van der Waals surface area contributed by atoms with E-state index in [-0.39, 0.29) is 5.60 Å². The van der Waals surface area contributed by atoms with Crippen molar-refractivity contribution in [3.05, 3.63) is 0 Å². The van der Waals surface area contributed by atoms with Gasteiger partial charge < -0.3 is 4.74 Å². The average Bonchev–Trinajstić information content (AvgIpc) is 2.01. The van der Waals surface area contributed by atoms with Crippen LogP contribution in [-0.2, 0) is 4.74 Å². The van der Waals surface area contributed by atoms with Crippen LogP contribution in [0.1, 0.15) is 40.5 Å². The van der Waals surface area contributed by atoms with Crippen molar-refractivity contribution < 1.29 is 4.74 Å². The van der Waals surface area contributed by atoms with Crippen molar-refractivity contribution in [3.63, 3.8) is 0 Å². The third-order valence-electron chi connectivity index (χ3n) is 2.82. The molecule has 0 spiro atoms. The average molecular weight is 205 g/mol. The lowest BCUT2D eigenvalue weighted by molar-refractivity contribution is -0.0743. The first-order valence-electron chi connectivity index (χ1n) is 5.20. The van der Waals surface area contributed by atoms with E-state index >= 15 is 0 Å². The van der Waals surface area contributed by atoms with E-state index in [0.29, 0.717) is 17.2 Å². The van der Waals surface area contributed by atoms with E-state index in [1.807, 2.05) is 0 Å². The summed E-state index contributed by atoms with van der Waals surface area (Å²) in [5.41, 5.74) is 0.0327. The molecule has 1 fully saturated rings. The van der Waals surface area contributed by atoms with Gasteiger partial charge in [0.25, 0.3) is 0 Å². The predicted octanol–water partition coefficient (Wildman–Crippen LogP) is 3.46. The predicted molar refractivity (Wildman–Crippen MR) is 57.2 cm³/mol. The summed E-state index contributed by atoms with van der Waals surface area (Å²) in [6.45, 7) is 9.57. The quantitative estimate of drug-likeness (QED) is 0.626. The lowest BCUT2D eigenvalue weighted by Gasteiger charge is -2.38. The second-order valence-electron chi connectivity index (χ2n) is 5.05. The van der Waals surface area contributed by atoms with E-state index in [9.17, 15) is 0 Å². The van der Waals surface area contributed by atoms with Crippen LogP contribution in [0, 0.1) is 11.8 Å². The van der Waals surface area contributed by atoms with Gasteiger partial charge in [-0.15, -0.1) is 11.6 Å². The molecule has 2 atom stereocenters. The van der Waals surface area contributed by atoms with Gasteiger partial charge in [-0.3, -0.25) is 0 Å². The molecule has 0 aromatic carbocycles. The minimum atomic E-state index is 0.0327. The van der Waals surface area contributed by atoms with Gasteiger partial charge in [0.15, 0.2) is 0 Å². The molecule has 1 aliphatic rings. The lowest BCUT2D eigenvalue weighted by Crippen LogP contribution is -2.38. The highest BCUT2D eigenvalue weighted by molar-refractivity contribution is 6.20. The molecule has 0 saturated carbocycles. The zero-order chi connectivity index (χ0) is 10.1. The van der Waals surface area contributed by atoms with Crippen molar-refractivity contribution in [3.8, 4) is 0 Å². The number of halogens is 1. The summed E-state index contributed by atoms with van der Waals surface area (Å²) < 4.78 is 5.67. The summed E-state index contributed by atoms with van der Waals surface area (Å²) in [5, 5.41) is 0.308. The fraction of sp³-hybridized carbons (Fsp3) is 1.00. The summed E-state index contributed by atoms with van der Waals surface area (Å²) in [7, 11) is 0. The molecule has 0 N–H and O–H groups in total. The summed E-state index contributed by atoms with van der Waals surface area (Å²) in [6, 6.07) is 0. The maximum Gasteiger partial charge on any atom is 0.0629 e. The first-order valence-corrected chi connectivity index (χ1v) is 5.64. The molecule has 0 amide bonds. The lowest BCUT2D eigenvalue weighted by atomic mass is 9.83. The molecule has 2 heteroatoms. The molecule has 1 nitrogen and oxygen atoms in total. The van der Waals surface area contributed by atoms with Gasteiger partial charge in [-0.25, -0.2) is 0 Å². The standard InChI is InChI=1S/C11H21ClO/c1-8(2)10(12)9-5-6-13-11(3,4)7-9/h8-10H,5-7H2,1-4H3. The van der Waals surface area contributed by atoms with Crippen LogP contribution in [0.25, 0.3) is 0 Å². The van der Waals surface area contributed by atoms with Crippen LogP contribution in [0.4, 0.5) is 0 Å². The Labute approximate surface area is 86.8 Å². The Kier molecular flexibility index (Phi) is 3.64. The number of hydrogen-bond acceptors (Lipinski definition) is 1. The van der Waals surface area contributed by atoms with Crippen molar-refractivity contribution in [2.45, 2.75) is 51.5 Å². The topological polar surface area (TPSA) is 9.23 Å². The van der Waals surface area contributed by atoms with Gasteiger partial charge in [-0.05, 0) is 38.5 Å². The van der Waals surface area contributed by atoms with E-state index in [4.69, 9.17) is 16.3 Å². The molecule has 13 heavy (non-hydrogen) atoms. The summed E-state index contributed by atoms with van der Waals surface area (Å²) >= 11 is 6.37. The van der Waals surface area contributed by atoms with Gasteiger partial charge in [-0.2, -0.15) is 0 Å². The minimum Gasteiger partial charge on any atom is -0.376 e. The molecule has 78 valence electrons. The van der Waals surface area contributed by atoms with Crippen LogP contribution in [-0.4, -0.2) is 17.6 Å². The largest absolute Gasteiger partial charge is 0.376 e. The molecule has 0 aliphatic carbocycles. The van der Waals surface area contributed by atoms with E-state index in [2.05, 4.69) is 27.7 Å². The summed E-state index contributed by atoms with van der Waals surface area (Å²) in [6.07, 6.45) is 2.22. The van der Waals surface area contributed by atoms with E-state index in [1.165, 1.54) is 0 Å². The molecule has 2 unspecified atom stereocenters. The van der Waals surface area contributed by atoms with Crippen LogP contribution in [0.3, 0.4) is 0 Å². The van der Waals surface area contributed by atoms with Crippen LogP contribution >= 0.6 is 11.6 Å². The van der Waals surface area contributed by atoms with E-state index < -0.39 is 0 Å². The minimum absolute atomic E-state index is 0.0327. The molecular formula is C11H21ClO. The van der Waals surface area contributed by atoms with Crippen molar-refractivity contribution in [1.82, 2.24) is 0 Å². The second kappa shape index (κ2) is 4.18. The molecular weight excluding hydrogens is 184 g/mol. The van der Waals surface area contributed by atoms with E-state index in [1.54, 1.807) is 0 Å². The Morgan fingerprint density at radius 3 is 2.46 bits per heavy atom. The second-order valence-corrected chi connectivity index (χ2v) is 5.55. The number of ether oxygens (including phenoxy) is 1. The van der Waals surface area contributed by atoms with Crippen molar-refractivity contribution in [1.29, 1.82) is 0 Å². The zero-order valence-electron chi connectivity index (χ0n) is 9.14. The highest BCUT2D eigenvalue weighted by Crippen LogP contribution is 2.35. The third kappa shape index (κ3) is 3.14. The summed E-state index contributed by atoms with van der Waals surface area (Å²) in [5.74, 6) is 1.20. The maximum atomic E-state index is 6.37. The Morgan fingerprint density at radius 1 is 1.38 bits per heavy atom.